The molecule has 0 aromatic carbocycles. The molecular weight excluding hydrogens is 248 g/mol. The van der Waals surface area contributed by atoms with Gasteiger partial charge in [0.05, 0.1) is 6.10 Å². The van der Waals surface area contributed by atoms with E-state index in [1.807, 2.05) is 19.3 Å². The van der Waals surface area contributed by atoms with Gasteiger partial charge in [-0.05, 0) is 43.9 Å². The topological polar surface area (TPSA) is 34.1 Å². The molecule has 112 valence electrons. The van der Waals surface area contributed by atoms with Crippen molar-refractivity contribution in [3.05, 3.63) is 29.6 Å². The van der Waals surface area contributed by atoms with Crippen molar-refractivity contribution in [3.8, 4) is 0 Å². The Balaban J connectivity index is 2.28. The highest BCUT2D eigenvalue weighted by Crippen LogP contribution is 2.39. The highest BCUT2D eigenvalue weighted by Gasteiger charge is 2.40. The number of pyridine rings is 1. The second kappa shape index (κ2) is 6.23. The molecule has 2 rings (SSSR count). The maximum absolute atomic E-state index is 6.10. The lowest BCUT2D eigenvalue weighted by Crippen LogP contribution is -2.50. The van der Waals surface area contributed by atoms with Gasteiger partial charge in [-0.25, -0.2) is 0 Å². The van der Waals surface area contributed by atoms with Crippen LogP contribution in [-0.2, 0) is 11.2 Å². The van der Waals surface area contributed by atoms with E-state index in [1.165, 1.54) is 11.3 Å². The lowest BCUT2D eigenvalue weighted by molar-refractivity contribution is -0.0402. The maximum Gasteiger partial charge on any atom is 0.0782 e. The fourth-order valence-electron chi connectivity index (χ4n) is 3.43. The zero-order valence-electron chi connectivity index (χ0n) is 13.4. The molecule has 0 saturated carbocycles. The van der Waals surface area contributed by atoms with E-state index in [0.717, 1.165) is 19.4 Å². The highest BCUT2D eigenvalue weighted by molar-refractivity contribution is 5.30. The van der Waals surface area contributed by atoms with Gasteiger partial charge >= 0.3 is 0 Å². The molecule has 0 bridgehead atoms. The minimum absolute atomic E-state index is 0.112. The Bertz CT molecular complexity index is 439. The molecular formula is C17H28N2O. The molecule has 1 aromatic rings. The average Bonchev–Trinajstić information content (AvgIpc) is 2.82. The molecule has 20 heavy (non-hydrogen) atoms. The Morgan fingerprint density at radius 3 is 2.80 bits per heavy atom. The second-order valence-corrected chi connectivity index (χ2v) is 6.75. The van der Waals surface area contributed by atoms with Crippen molar-refractivity contribution in [1.82, 2.24) is 10.3 Å². The van der Waals surface area contributed by atoms with Crippen LogP contribution in [0.3, 0.4) is 0 Å². The number of fused-ring (bicyclic) bond motifs is 1. The third-order valence-corrected chi connectivity index (χ3v) is 4.29. The van der Waals surface area contributed by atoms with Crippen LogP contribution in [-0.4, -0.2) is 30.8 Å². The van der Waals surface area contributed by atoms with Gasteiger partial charge in [0.15, 0.2) is 0 Å². The van der Waals surface area contributed by atoms with Crippen molar-refractivity contribution in [2.24, 2.45) is 5.41 Å². The zero-order chi connectivity index (χ0) is 14.8. The number of rotatable bonds is 5. The average molecular weight is 276 g/mol. The van der Waals surface area contributed by atoms with Crippen molar-refractivity contribution < 1.29 is 4.74 Å². The highest BCUT2D eigenvalue weighted by atomic mass is 16.5. The summed E-state index contributed by atoms with van der Waals surface area (Å²) >= 11 is 0. The van der Waals surface area contributed by atoms with Crippen molar-refractivity contribution in [3.63, 3.8) is 0 Å². The number of nitrogens with one attached hydrogen (secondary N) is 1. The van der Waals surface area contributed by atoms with Crippen molar-refractivity contribution in [2.75, 3.05) is 13.7 Å². The number of ether oxygens (including phenoxy) is 1. The fourth-order valence-corrected chi connectivity index (χ4v) is 3.43. The standard InChI is InChI=1S/C17H28N2O/c1-6-20-16(17(2,3)4)15(18-5)13-10-9-12-8-7-11-19-14(12)13/h7-8,11,13,15-16,18H,6,9-10H2,1-5H3. The van der Waals surface area contributed by atoms with Gasteiger partial charge in [-0.1, -0.05) is 26.8 Å². The number of nitrogens with zero attached hydrogens (tertiary/aromatic N) is 1. The van der Waals surface area contributed by atoms with E-state index < -0.39 is 0 Å². The van der Waals surface area contributed by atoms with E-state index in [-0.39, 0.29) is 11.5 Å². The molecule has 1 N–H and O–H groups in total. The van der Waals surface area contributed by atoms with E-state index in [2.05, 4.69) is 44.1 Å². The van der Waals surface area contributed by atoms with Crippen LogP contribution in [0, 0.1) is 5.41 Å². The van der Waals surface area contributed by atoms with Gasteiger partial charge in [0.25, 0.3) is 0 Å². The van der Waals surface area contributed by atoms with Crippen LogP contribution in [0.15, 0.2) is 18.3 Å². The van der Waals surface area contributed by atoms with Crippen molar-refractivity contribution in [1.29, 1.82) is 0 Å². The quantitative estimate of drug-likeness (QED) is 0.897. The van der Waals surface area contributed by atoms with E-state index >= 15 is 0 Å². The summed E-state index contributed by atoms with van der Waals surface area (Å²) in [5, 5.41) is 3.51. The molecule has 0 spiro atoms. The number of hydrogen-bond donors (Lipinski definition) is 1. The van der Waals surface area contributed by atoms with Gasteiger partial charge in [-0.3, -0.25) is 4.98 Å². The number of hydrogen-bond acceptors (Lipinski definition) is 3. The van der Waals surface area contributed by atoms with Crippen molar-refractivity contribution in [2.45, 2.75) is 58.6 Å². The van der Waals surface area contributed by atoms with Gasteiger partial charge < -0.3 is 10.1 Å². The molecule has 3 atom stereocenters. The minimum Gasteiger partial charge on any atom is -0.376 e. The maximum atomic E-state index is 6.10. The van der Waals surface area contributed by atoms with E-state index in [9.17, 15) is 0 Å². The smallest absolute Gasteiger partial charge is 0.0782 e. The zero-order valence-corrected chi connectivity index (χ0v) is 13.4. The summed E-state index contributed by atoms with van der Waals surface area (Å²) in [6.07, 6.45) is 4.40. The third-order valence-electron chi connectivity index (χ3n) is 4.29. The van der Waals surface area contributed by atoms with E-state index in [4.69, 9.17) is 4.74 Å². The van der Waals surface area contributed by atoms with Crippen LogP contribution in [0.2, 0.25) is 0 Å². The second-order valence-electron chi connectivity index (χ2n) is 6.75. The SMILES string of the molecule is CCOC(C(NC)C1CCc2cccnc21)C(C)(C)C. The van der Waals surface area contributed by atoms with Crippen LogP contribution in [0.1, 0.15) is 51.3 Å². The lowest BCUT2D eigenvalue weighted by atomic mass is 9.79. The summed E-state index contributed by atoms with van der Waals surface area (Å²) in [5.74, 6) is 0.451. The summed E-state index contributed by atoms with van der Waals surface area (Å²) in [6, 6.07) is 4.56. The molecule has 0 aliphatic heterocycles. The molecule has 1 heterocycles. The molecule has 3 nitrogen and oxygen atoms in total. The molecule has 3 heteroatoms. The van der Waals surface area contributed by atoms with Crippen LogP contribution >= 0.6 is 0 Å². The van der Waals surface area contributed by atoms with Gasteiger partial charge in [0.2, 0.25) is 0 Å². The van der Waals surface area contributed by atoms with Crippen LogP contribution in [0.25, 0.3) is 0 Å². The largest absolute Gasteiger partial charge is 0.376 e. The molecule has 0 saturated heterocycles. The van der Waals surface area contributed by atoms with Gasteiger partial charge in [-0.2, -0.15) is 0 Å². The Hall–Kier alpha value is -0.930. The molecule has 0 fully saturated rings. The summed E-state index contributed by atoms with van der Waals surface area (Å²) in [7, 11) is 2.04. The molecule has 0 amide bonds. The van der Waals surface area contributed by atoms with E-state index in [1.54, 1.807) is 0 Å². The lowest BCUT2D eigenvalue weighted by Gasteiger charge is -2.39. The molecule has 1 aliphatic carbocycles. The first-order chi connectivity index (χ1) is 9.49. The van der Waals surface area contributed by atoms with Crippen LogP contribution in [0.5, 0.6) is 0 Å². The predicted molar refractivity (Wildman–Crippen MR) is 83.0 cm³/mol. The number of aryl methyl sites for hydroxylation is 1. The minimum atomic E-state index is 0.112. The Morgan fingerprint density at radius 2 is 2.20 bits per heavy atom. The van der Waals surface area contributed by atoms with Gasteiger partial charge in [0.1, 0.15) is 0 Å². The third kappa shape index (κ3) is 3.04. The first-order valence-electron chi connectivity index (χ1n) is 7.71. The first-order valence-corrected chi connectivity index (χ1v) is 7.71. The summed E-state index contributed by atoms with van der Waals surface area (Å²) in [6.45, 7) is 9.60. The summed E-state index contributed by atoms with van der Waals surface area (Å²) in [5.41, 5.74) is 2.78. The Kier molecular flexibility index (Phi) is 4.82. The predicted octanol–water partition coefficient (Wildman–Crippen LogP) is 3.15. The molecule has 0 radical (unpaired) electrons. The number of likely N-dealkylation sites (N-methyl/N-ethyl adjacent to an activating group) is 1. The van der Waals surface area contributed by atoms with Gasteiger partial charge in [-0.15, -0.1) is 0 Å². The first kappa shape index (κ1) is 15.5. The van der Waals surface area contributed by atoms with Crippen molar-refractivity contribution >= 4 is 0 Å². The Morgan fingerprint density at radius 1 is 1.45 bits per heavy atom. The fraction of sp³-hybridized carbons (Fsp3) is 0.706. The molecule has 1 aliphatic rings. The summed E-state index contributed by atoms with van der Waals surface area (Å²) in [4.78, 5) is 4.64. The normalized spacial score (nSPS) is 21.6. The van der Waals surface area contributed by atoms with Crippen LogP contribution < -0.4 is 5.32 Å². The Labute approximate surface area is 123 Å². The van der Waals surface area contributed by atoms with Gasteiger partial charge in [0, 0.05) is 30.5 Å². The van der Waals surface area contributed by atoms with Crippen LogP contribution in [0.4, 0.5) is 0 Å². The summed E-state index contributed by atoms with van der Waals surface area (Å²) < 4.78 is 6.10. The number of aromatic nitrogens is 1. The van der Waals surface area contributed by atoms with E-state index in [0.29, 0.717) is 12.0 Å². The molecule has 1 aromatic heterocycles. The molecule has 3 unspecified atom stereocenters. The monoisotopic (exact) mass is 276 g/mol.